The number of hydrogen-bond acceptors (Lipinski definition) is 2. The molecule has 2 nitrogen and oxygen atoms in total. The lowest BCUT2D eigenvalue weighted by atomic mass is 9.98. The van der Waals surface area contributed by atoms with Gasteiger partial charge < -0.3 is 10.1 Å². The summed E-state index contributed by atoms with van der Waals surface area (Å²) in [5, 5.41) is 3.07. The molecule has 2 aromatic rings. The number of ether oxygens (including phenoxy) is 1. The molecule has 0 fully saturated rings. The van der Waals surface area contributed by atoms with Crippen LogP contribution in [0.4, 0.5) is 8.78 Å². The smallest absolute Gasteiger partial charge is 0.137 e. The van der Waals surface area contributed by atoms with Crippen LogP contribution in [0.3, 0.4) is 0 Å². The van der Waals surface area contributed by atoms with E-state index in [4.69, 9.17) is 4.74 Å². The summed E-state index contributed by atoms with van der Waals surface area (Å²) in [6.07, 6.45) is 0.470. The Balaban J connectivity index is 2.30. The van der Waals surface area contributed by atoms with Crippen LogP contribution in [0.15, 0.2) is 40.9 Å². The molecule has 0 radical (unpaired) electrons. The zero-order valence-electron chi connectivity index (χ0n) is 11.8. The summed E-state index contributed by atoms with van der Waals surface area (Å²) >= 11 is 3.24. The first-order valence-corrected chi connectivity index (χ1v) is 7.29. The quantitative estimate of drug-likeness (QED) is 0.865. The zero-order chi connectivity index (χ0) is 15.4. The third kappa shape index (κ3) is 3.60. The second-order valence-corrected chi connectivity index (χ2v) is 5.44. The third-order valence-corrected chi connectivity index (χ3v) is 4.28. The van der Waals surface area contributed by atoms with Crippen LogP contribution in [-0.4, -0.2) is 14.2 Å². The summed E-state index contributed by atoms with van der Waals surface area (Å²) in [4.78, 5) is 0. The molecule has 2 rings (SSSR count). The number of methoxy groups -OCH3 is 1. The fourth-order valence-electron chi connectivity index (χ4n) is 2.21. The van der Waals surface area contributed by atoms with Gasteiger partial charge in [-0.25, -0.2) is 8.78 Å². The average molecular weight is 356 g/mol. The lowest BCUT2D eigenvalue weighted by Gasteiger charge is -2.19. The van der Waals surface area contributed by atoms with Gasteiger partial charge in [0.1, 0.15) is 17.4 Å². The molecule has 5 heteroatoms. The van der Waals surface area contributed by atoms with E-state index in [1.807, 2.05) is 6.07 Å². The van der Waals surface area contributed by atoms with Crippen LogP contribution in [0.25, 0.3) is 0 Å². The van der Waals surface area contributed by atoms with Crippen molar-refractivity contribution in [2.24, 2.45) is 0 Å². The van der Waals surface area contributed by atoms with E-state index >= 15 is 0 Å². The Morgan fingerprint density at radius 3 is 2.57 bits per heavy atom. The first-order chi connectivity index (χ1) is 10.1. The Hall–Kier alpha value is -1.46. The van der Waals surface area contributed by atoms with Crippen molar-refractivity contribution in [1.29, 1.82) is 0 Å². The molecule has 2 aromatic carbocycles. The Morgan fingerprint density at radius 1 is 1.19 bits per heavy atom. The van der Waals surface area contributed by atoms with Crippen molar-refractivity contribution in [1.82, 2.24) is 5.32 Å². The molecule has 0 heterocycles. The highest BCUT2D eigenvalue weighted by atomic mass is 79.9. The van der Waals surface area contributed by atoms with Gasteiger partial charge >= 0.3 is 0 Å². The highest BCUT2D eigenvalue weighted by molar-refractivity contribution is 9.10. The van der Waals surface area contributed by atoms with Crippen LogP contribution in [0, 0.1) is 11.6 Å². The minimum atomic E-state index is -0.346. The largest absolute Gasteiger partial charge is 0.497 e. The van der Waals surface area contributed by atoms with Crippen molar-refractivity contribution in [3.05, 3.63) is 63.6 Å². The fourth-order valence-corrected chi connectivity index (χ4v) is 2.64. The van der Waals surface area contributed by atoms with Crippen molar-refractivity contribution in [2.75, 3.05) is 14.2 Å². The lowest BCUT2D eigenvalue weighted by Crippen LogP contribution is -2.20. The molecule has 1 atom stereocenters. The van der Waals surface area contributed by atoms with Crippen molar-refractivity contribution < 1.29 is 13.5 Å². The Labute approximate surface area is 131 Å². The second-order valence-electron chi connectivity index (χ2n) is 4.65. The van der Waals surface area contributed by atoms with Gasteiger partial charge in [-0.3, -0.25) is 0 Å². The fraction of sp³-hybridized carbons (Fsp3) is 0.250. The summed E-state index contributed by atoms with van der Waals surface area (Å²) in [5.74, 6) is -0.197. The maximum absolute atomic E-state index is 14.2. The molecule has 0 aromatic heterocycles. The highest BCUT2D eigenvalue weighted by Gasteiger charge is 2.17. The van der Waals surface area contributed by atoms with E-state index in [1.165, 1.54) is 19.2 Å². The molecule has 0 aliphatic rings. The van der Waals surface area contributed by atoms with Gasteiger partial charge in [0.05, 0.1) is 11.6 Å². The number of nitrogens with one attached hydrogen (secondary N) is 1. The van der Waals surface area contributed by atoms with Gasteiger partial charge in [0.15, 0.2) is 0 Å². The number of benzene rings is 2. The average Bonchev–Trinajstić information content (AvgIpc) is 2.49. The molecule has 0 saturated heterocycles. The van der Waals surface area contributed by atoms with Crippen molar-refractivity contribution in [3.8, 4) is 5.75 Å². The lowest BCUT2D eigenvalue weighted by molar-refractivity contribution is 0.409. The highest BCUT2D eigenvalue weighted by Crippen LogP contribution is 2.28. The van der Waals surface area contributed by atoms with Crippen LogP contribution in [0.2, 0.25) is 0 Å². The van der Waals surface area contributed by atoms with Crippen LogP contribution in [0.5, 0.6) is 5.75 Å². The maximum atomic E-state index is 14.2. The van der Waals surface area contributed by atoms with Crippen LogP contribution < -0.4 is 10.1 Å². The molecule has 1 unspecified atom stereocenters. The molecule has 0 saturated carbocycles. The van der Waals surface area contributed by atoms with Gasteiger partial charge in [-0.1, -0.05) is 18.2 Å². The summed E-state index contributed by atoms with van der Waals surface area (Å²) in [6, 6.07) is 9.34. The van der Waals surface area contributed by atoms with E-state index in [0.717, 1.165) is 5.56 Å². The number of rotatable bonds is 5. The van der Waals surface area contributed by atoms with Gasteiger partial charge in [0.2, 0.25) is 0 Å². The van der Waals surface area contributed by atoms with Gasteiger partial charge in [-0.05, 0) is 47.1 Å². The molecule has 21 heavy (non-hydrogen) atoms. The third-order valence-electron chi connectivity index (χ3n) is 3.39. The summed E-state index contributed by atoms with van der Waals surface area (Å²) in [7, 11) is 3.25. The Bertz CT molecular complexity index is 634. The Kier molecular flexibility index (Phi) is 5.31. The predicted molar refractivity (Wildman–Crippen MR) is 82.6 cm³/mol. The molecule has 112 valence electrons. The van der Waals surface area contributed by atoms with Gasteiger partial charge in [0.25, 0.3) is 0 Å². The number of halogens is 3. The van der Waals surface area contributed by atoms with E-state index in [0.29, 0.717) is 22.2 Å². The van der Waals surface area contributed by atoms with E-state index in [-0.39, 0.29) is 17.7 Å². The molecule has 0 spiro atoms. The molecule has 0 amide bonds. The molecule has 1 N–H and O–H groups in total. The monoisotopic (exact) mass is 355 g/mol. The van der Waals surface area contributed by atoms with Crippen molar-refractivity contribution in [3.63, 3.8) is 0 Å². The van der Waals surface area contributed by atoms with Crippen LogP contribution in [0.1, 0.15) is 17.2 Å². The molecule has 0 aliphatic heterocycles. The molecular weight excluding hydrogens is 340 g/mol. The van der Waals surface area contributed by atoms with Crippen molar-refractivity contribution in [2.45, 2.75) is 12.5 Å². The van der Waals surface area contributed by atoms with Gasteiger partial charge in [0, 0.05) is 17.7 Å². The number of hydrogen-bond donors (Lipinski definition) is 1. The van der Waals surface area contributed by atoms with Gasteiger partial charge in [-0.15, -0.1) is 0 Å². The normalized spacial score (nSPS) is 12.2. The molecular formula is C16H16BrF2NO. The topological polar surface area (TPSA) is 21.3 Å². The SMILES string of the molecule is CNC(Cc1cccc(F)c1Br)c1ccc(OC)cc1F. The number of likely N-dealkylation sites (N-methyl/N-ethyl adjacent to an activating group) is 1. The standard InChI is InChI=1S/C16H16BrF2NO/c1-20-15(8-10-4-3-5-13(18)16(10)17)12-7-6-11(21-2)9-14(12)19/h3-7,9,15,20H,8H2,1-2H3. The van der Waals surface area contributed by atoms with E-state index < -0.39 is 0 Å². The predicted octanol–water partition coefficient (Wildman–Crippen LogP) is 4.24. The summed E-state index contributed by atoms with van der Waals surface area (Å²) in [6.45, 7) is 0. The minimum absolute atomic E-state index is 0.256. The van der Waals surface area contributed by atoms with Crippen LogP contribution in [-0.2, 0) is 6.42 Å². The minimum Gasteiger partial charge on any atom is -0.497 e. The van der Waals surface area contributed by atoms with Gasteiger partial charge in [-0.2, -0.15) is 0 Å². The van der Waals surface area contributed by atoms with E-state index in [2.05, 4.69) is 21.2 Å². The zero-order valence-corrected chi connectivity index (χ0v) is 13.4. The maximum Gasteiger partial charge on any atom is 0.137 e. The van der Waals surface area contributed by atoms with Crippen molar-refractivity contribution >= 4 is 15.9 Å². The van der Waals surface area contributed by atoms with E-state index in [9.17, 15) is 8.78 Å². The molecule has 0 aliphatic carbocycles. The molecule has 0 bridgehead atoms. The second kappa shape index (κ2) is 7.00. The first kappa shape index (κ1) is 15.9. The first-order valence-electron chi connectivity index (χ1n) is 6.50. The summed E-state index contributed by atoms with van der Waals surface area (Å²) in [5.41, 5.74) is 1.30. The van der Waals surface area contributed by atoms with E-state index in [1.54, 1.807) is 25.2 Å². The summed E-state index contributed by atoms with van der Waals surface area (Å²) < 4.78 is 33.1. The van der Waals surface area contributed by atoms with Crippen LogP contribution >= 0.6 is 15.9 Å². The Morgan fingerprint density at radius 2 is 1.95 bits per heavy atom.